The van der Waals surface area contributed by atoms with E-state index in [1.807, 2.05) is 22.9 Å². The topological polar surface area (TPSA) is 46.5 Å². The highest BCUT2D eigenvalue weighted by atomic mass is 19.2. The fourth-order valence-electron chi connectivity index (χ4n) is 3.53. The number of amides is 2. The van der Waals surface area contributed by atoms with Crippen LogP contribution in [0.25, 0.3) is 0 Å². The van der Waals surface area contributed by atoms with E-state index in [-0.39, 0.29) is 6.03 Å². The number of fused-ring (bicyclic) bond motifs is 1. The summed E-state index contributed by atoms with van der Waals surface area (Å²) in [4.78, 5) is 14.7. The number of anilines is 1. The van der Waals surface area contributed by atoms with Gasteiger partial charge in [-0.25, -0.2) is 13.6 Å². The Balaban J connectivity index is 1.68. The van der Waals surface area contributed by atoms with E-state index in [1.54, 1.807) is 36.3 Å². The summed E-state index contributed by atoms with van der Waals surface area (Å²) in [5, 5.41) is 2.86. The molecule has 0 fully saturated rings. The van der Waals surface area contributed by atoms with Gasteiger partial charge in [0.05, 0.1) is 13.2 Å². The van der Waals surface area contributed by atoms with Gasteiger partial charge in [0.15, 0.2) is 11.6 Å². The van der Waals surface area contributed by atoms with Crippen molar-refractivity contribution in [1.29, 1.82) is 0 Å². The van der Waals surface area contributed by atoms with Crippen LogP contribution >= 0.6 is 0 Å². The maximum absolute atomic E-state index is 13.9. The number of methoxy groups -OCH3 is 1. The van der Waals surface area contributed by atoms with Crippen LogP contribution in [0.15, 0.2) is 60.8 Å². The number of nitrogens with zero attached hydrogens (tertiary/aromatic N) is 2. The predicted molar refractivity (Wildman–Crippen MR) is 101 cm³/mol. The van der Waals surface area contributed by atoms with Gasteiger partial charge < -0.3 is 19.5 Å². The van der Waals surface area contributed by atoms with Gasteiger partial charge in [-0.3, -0.25) is 0 Å². The Hall–Kier alpha value is -3.35. The Morgan fingerprint density at radius 1 is 1.07 bits per heavy atom. The molecule has 0 bridgehead atoms. The highest BCUT2D eigenvalue weighted by Gasteiger charge is 2.32. The van der Waals surface area contributed by atoms with Crippen LogP contribution in [0.5, 0.6) is 5.75 Å². The van der Waals surface area contributed by atoms with E-state index >= 15 is 0 Å². The summed E-state index contributed by atoms with van der Waals surface area (Å²) in [6.07, 6.45) is 1.92. The lowest BCUT2D eigenvalue weighted by atomic mass is 10.00. The number of hydrogen-bond acceptors (Lipinski definition) is 2. The van der Waals surface area contributed by atoms with E-state index in [9.17, 15) is 13.6 Å². The Labute approximate surface area is 161 Å². The van der Waals surface area contributed by atoms with Crippen molar-refractivity contribution in [3.05, 3.63) is 83.7 Å². The summed E-state index contributed by atoms with van der Waals surface area (Å²) in [5.74, 6) is -1.22. The number of carbonyl (C=O) groups is 1. The lowest BCUT2D eigenvalue weighted by molar-refractivity contribution is 0.181. The molecule has 5 nitrogen and oxygen atoms in total. The van der Waals surface area contributed by atoms with Gasteiger partial charge in [-0.2, -0.15) is 0 Å². The van der Waals surface area contributed by atoms with Crippen LogP contribution < -0.4 is 10.1 Å². The molecule has 2 heterocycles. The standard InChI is InChI=1S/C21H19F2N3O2/c1-28-16-5-2-4-15(13-16)24-21(27)26-11-10-25-9-3-6-19(25)20(26)14-7-8-17(22)18(23)12-14/h2-9,12-13,20H,10-11H2,1H3,(H,24,27)/t20-/m1/s1. The SMILES string of the molecule is COc1cccc(NC(=O)N2CCn3cccc3[C@H]2c2ccc(F)c(F)c2)c1. The minimum atomic E-state index is -0.936. The average molecular weight is 383 g/mol. The monoisotopic (exact) mass is 383 g/mol. The zero-order chi connectivity index (χ0) is 19.7. The molecule has 1 N–H and O–H groups in total. The number of ether oxygens (including phenoxy) is 1. The van der Waals surface area contributed by atoms with Crippen molar-refractivity contribution in [2.24, 2.45) is 0 Å². The van der Waals surface area contributed by atoms with E-state index in [0.29, 0.717) is 30.1 Å². The van der Waals surface area contributed by atoms with Crippen molar-refractivity contribution < 1.29 is 18.3 Å². The average Bonchev–Trinajstić information content (AvgIpc) is 3.18. The quantitative estimate of drug-likeness (QED) is 0.728. The smallest absolute Gasteiger partial charge is 0.322 e. The minimum absolute atomic E-state index is 0.324. The molecule has 144 valence electrons. The van der Waals surface area contributed by atoms with E-state index in [2.05, 4.69) is 5.32 Å². The largest absolute Gasteiger partial charge is 0.497 e. The summed E-state index contributed by atoms with van der Waals surface area (Å²) >= 11 is 0. The molecule has 28 heavy (non-hydrogen) atoms. The molecule has 2 amide bonds. The van der Waals surface area contributed by atoms with Crippen LogP contribution in [0.1, 0.15) is 17.3 Å². The number of rotatable bonds is 3. The Bertz CT molecular complexity index is 1020. The first kappa shape index (κ1) is 18.0. The maximum atomic E-state index is 13.9. The molecule has 0 saturated heterocycles. The van der Waals surface area contributed by atoms with Crippen LogP contribution in [-0.4, -0.2) is 29.2 Å². The van der Waals surface area contributed by atoms with Gasteiger partial charge in [0.1, 0.15) is 5.75 Å². The number of halogens is 2. The summed E-state index contributed by atoms with van der Waals surface area (Å²) < 4.78 is 34.5. The van der Waals surface area contributed by atoms with Crippen molar-refractivity contribution in [1.82, 2.24) is 9.47 Å². The van der Waals surface area contributed by atoms with Crippen molar-refractivity contribution in [3.8, 4) is 5.75 Å². The second-order valence-corrected chi connectivity index (χ2v) is 6.56. The lowest BCUT2D eigenvalue weighted by Crippen LogP contribution is -2.44. The zero-order valence-electron chi connectivity index (χ0n) is 15.2. The second-order valence-electron chi connectivity index (χ2n) is 6.56. The van der Waals surface area contributed by atoms with E-state index in [0.717, 1.165) is 17.8 Å². The number of benzene rings is 2. The van der Waals surface area contributed by atoms with Crippen LogP contribution in [0.2, 0.25) is 0 Å². The molecule has 1 aliphatic heterocycles. The molecule has 0 spiro atoms. The molecule has 3 aromatic rings. The molecular weight excluding hydrogens is 364 g/mol. The van der Waals surface area contributed by atoms with Gasteiger partial charge in [0.25, 0.3) is 0 Å². The van der Waals surface area contributed by atoms with Gasteiger partial charge in [-0.05, 0) is 42.0 Å². The molecule has 1 aliphatic rings. The predicted octanol–water partition coefficient (Wildman–Crippen LogP) is 4.41. The molecule has 0 aliphatic carbocycles. The van der Waals surface area contributed by atoms with Crippen LogP contribution in [-0.2, 0) is 6.54 Å². The van der Waals surface area contributed by atoms with Crippen molar-refractivity contribution in [2.75, 3.05) is 19.0 Å². The second kappa shape index (κ2) is 7.34. The van der Waals surface area contributed by atoms with Crippen molar-refractivity contribution >= 4 is 11.7 Å². The highest BCUT2D eigenvalue weighted by Crippen LogP contribution is 2.33. The highest BCUT2D eigenvalue weighted by molar-refractivity contribution is 5.90. The molecule has 2 aromatic carbocycles. The van der Waals surface area contributed by atoms with Gasteiger partial charge >= 0.3 is 6.03 Å². The fraction of sp³-hybridized carbons (Fsp3) is 0.190. The Morgan fingerprint density at radius 3 is 2.71 bits per heavy atom. The lowest BCUT2D eigenvalue weighted by Gasteiger charge is -2.37. The molecule has 4 rings (SSSR count). The van der Waals surface area contributed by atoms with Gasteiger partial charge in [0, 0.05) is 36.7 Å². The third kappa shape index (κ3) is 3.31. The number of nitrogens with one attached hydrogen (secondary N) is 1. The summed E-state index contributed by atoms with van der Waals surface area (Å²) in [5.41, 5.74) is 1.95. The fourth-order valence-corrected chi connectivity index (χ4v) is 3.53. The third-order valence-corrected chi connectivity index (χ3v) is 4.88. The number of hydrogen-bond donors (Lipinski definition) is 1. The normalized spacial score (nSPS) is 15.8. The van der Waals surface area contributed by atoms with E-state index in [4.69, 9.17) is 4.74 Å². The third-order valence-electron chi connectivity index (χ3n) is 4.88. The zero-order valence-corrected chi connectivity index (χ0v) is 15.2. The van der Waals surface area contributed by atoms with E-state index < -0.39 is 17.7 Å². The molecule has 7 heteroatoms. The molecule has 1 aromatic heterocycles. The van der Waals surface area contributed by atoms with Crippen molar-refractivity contribution in [2.45, 2.75) is 12.6 Å². The maximum Gasteiger partial charge on any atom is 0.322 e. The molecule has 0 saturated carbocycles. The first-order chi connectivity index (χ1) is 13.6. The van der Waals surface area contributed by atoms with Gasteiger partial charge in [-0.1, -0.05) is 12.1 Å². The molecule has 0 radical (unpaired) electrons. The number of aromatic nitrogens is 1. The van der Waals surface area contributed by atoms with Gasteiger partial charge in [0.2, 0.25) is 0 Å². The van der Waals surface area contributed by atoms with Crippen LogP contribution in [0.3, 0.4) is 0 Å². The van der Waals surface area contributed by atoms with Gasteiger partial charge in [-0.15, -0.1) is 0 Å². The first-order valence-electron chi connectivity index (χ1n) is 8.88. The molecule has 1 atom stereocenters. The Kier molecular flexibility index (Phi) is 4.73. The summed E-state index contributed by atoms with van der Waals surface area (Å²) in [6.45, 7) is 1.05. The van der Waals surface area contributed by atoms with E-state index in [1.165, 1.54) is 6.07 Å². The minimum Gasteiger partial charge on any atom is -0.497 e. The summed E-state index contributed by atoms with van der Waals surface area (Å²) in [6, 6.07) is 13.7. The Morgan fingerprint density at radius 2 is 1.93 bits per heavy atom. The number of urea groups is 1. The number of carbonyl (C=O) groups excluding carboxylic acids is 1. The first-order valence-corrected chi connectivity index (χ1v) is 8.88. The van der Waals surface area contributed by atoms with Crippen LogP contribution in [0, 0.1) is 11.6 Å². The molecule has 0 unspecified atom stereocenters. The molecular formula is C21H19F2N3O2. The summed E-state index contributed by atoms with van der Waals surface area (Å²) in [7, 11) is 1.55. The van der Waals surface area contributed by atoms with Crippen molar-refractivity contribution in [3.63, 3.8) is 0 Å². The van der Waals surface area contributed by atoms with Crippen LogP contribution in [0.4, 0.5) is 19.3 Å².